The highest BCUT2D eigenvalue weighted by molar-refractivity contribution is 5.73. The molecule has 1 aliphatic heterocycles. The number of carbonyl (C=O) groups is 2. The van der Waals surface area contributed by atoms with Crippen molar-refractivity contribution in [1.82, 2.24) is 4.90 Å². The monoisotopic (exact) mass is 391 g/mol. The molecule has 27 heavy (non-hydrogen) atoms. The van der Waals surface area contributed by atoms with Crippen molar-refractivity contribution in [3.8, 4) is 0 Å². The molecule has 2 fully saturated rings. The van der Waals surface area contributed by atoms with Crippen molar-refractivity contribution >= 4 is 11.9 Å². The average molecular weight is 391 g/mol. The number of furan rings is 1. The van der Waals surface area contributed by atoms with Crippen LogP contribution < -0.4 is 0 Å². The second-order valence-corrected chi connectivity index (χ2v) is 7.15. The Labute approximate surface area is 154 Å². The molecule has 2 N–H and O–H groups in total. The summed E-state index contributed by atoms with van der Waals surface area (Å²) in [6.45, 7) is 1.88. The number of likely N-dealkylation sites (tertiary alicyclic amines) is 1. The molecule has 0 unspecified atom stereocenters. The van der Waals surface area contributed by atoms with Gasteiger partial charge in [0.1, 0.15) is 5.76 Å². The van der Waals surface area contributed by atoms with Crippen LogP contribution in [0.15, 0.2) is 22.8 Å². The molecule has 0 bridgehead atoms. The first-order valence-electron chi connectivity index (χ1n) is 8.92. The van der Waals surface area contributed by atoms with E-state index in [2.05, 4.69) is 4.90 Å². The number of carboxylic acid groups (broad SMARTS) is 2. The Morgan fingerprint density at radius 1 is 1.22 bits per heavy atom. The molecule has 1 saturated carbocycles. The number of nitrogens with zero attached hydrogens (tertiary/aromatic N) is 1. The first-order valence-corrected chi connectivity index (χ1v) is 8.92. The zero-order chi connectivity index (χ0) is 20.1. The van der Waals surface area contributed by atoms with Crippen molar-refractivity contribution in [1.29, 1.82) is 0 Å². The summed E-state index contributed by atoms with van der Waals surface area (Å²) in [5, 5.41) is 16.4. The number of hydrogen-bond acceptors (Lipinski definition) is 4. The van der Waals surface area contributed by atoms with E-state index in [0.717, 1.165) is 44.5 Å². The van der Waals surface area contributed by atoms with E-state index in [1.165, 1.54) is 12.8 Å². The van der Waals surface area contributed by atoms with Crippen LogP contribution in [0.3, 0.4) is 0 Å². The van der Waals surface area contributed by atoms with Crippen LogP contribution in [0, 0.1) is 5.41 Å². The predicted octanol–water partition coefficient (Wildman–Crippen LogP) is 3.91. The van der Waals surface area contributed by atoms with Gasteiger partial charge in [0.15, 0.2) is 0 Å². The third kappa shape index (κ3) is 5.72. The van der Waals surface area contributed by atoms with Gasteiger partial charge in [0.25, 0.3) is 0 Å². The quantitative estimate of drug-likeness (QED) is 0.809. The van der Waals surface area contributed by atoms with E-state index >= 15 is 0 Å². The molecule has 2 atom stereocenters. The molecule has 9 heteroatoms. The zero-order valence-corrected chi connectivity index (χ0v) is 14.9. The Morgan fingerprint density at radius 2 is 1.89 bits per heavy atom. The Balaban J connectivity index is 0.000000321. The van der Waals surface area contributed by atoms with Crippen LogP contribution in [0.4, 0.5) is 13.2 Å². The van der Waals surface area contributed by atoms with Crippen LogP contribution in [0.2, 0.25) is 0 Å². The number of carboxylic acids is 2. The molecule has 2 aliphatic rings. The van der Waals surface area contributed by atoms with Gasteiger partial charge in [-0.25, -0.2) is 4.79 Å². The minimum Gasteiger partial charge on any atom is -0.481 e. The number of rotatable bonds is 4. The lowest BCUT2D eigenvalue weighted by molar-refractivity contribution is -0.192. The van der Waals surface area contributed by atoms with Crippen molar-refractivity contribution in [3.63, 3.8) is 0 Å². The highest BCUT2D eigenvalue weighted by Gasteiger charge is 2.47. The number of alkyl halides is 3. The summed E-state index contributed by atoms with van der Waals surface area (Å²) in [7, 11) is 0. The average Bonchev–Trinajstić information content (AvgIpc) is 3.07. The first kappa shape index (κ1) is 21.3. The standard InChI is InChI=1S/C16H23NO3.C2HF3O2/c18-15(19)11-16-7-2-1-6-14(16)17(9-4-8-16)12-13-5-3-10-20-13;3-2(4,5)1(6)7/h3,5,10,14H,1-2,4,6-9,11-12H2,(H,18,19);(H,6,7)/t14-,16-;/m1./s1. The van der Waals surface area contributed by atoms with E-state index in [0.29, 0.717) is 12.5 Å². The van der Waals surface area contributed by atoms with Crippen molar-refractivity contribution in [2.75, 3.05) is 6.54 Å². The molecule has 1 aromatic heterocycles. The molecule has 6 nitrogen and oxygen atoms in total. The molecule has 0 spiro atoms. The number of aliphatic carboxylic acids is 2. The molecule has 2 heterocycles. The van der Waals surface area contributed by atoms with Crippen molar-refractivity contribution < 1.29 is 37.4 Å². The van der Waals surface area contributed by atoms with Gasteiger partial charge < -0.3 is 14.6 Å². The van der Waals surface area contributed by atoms with Crippen LogP contribution in [0.1, 0.15) is 50.7 Å². The van der Waals surface area contributed by atoms with E-state index in [4.69, 9.17) is 14.3 Å². The molecule has 1 saturated heterocycles. The maximum absolute atomic E-state index is 11.3. The third-order valence-corrected chi connectivity index (χ3v) is 5.35. The summed E-state index contributed by atoms with van der Waals surface area (Å²) < 4.78 is 37.2. The van der Waals surface area contributed by atoms with Crippen molar-refractivity contribution in [3.05, 3.63) is 24.2 Å². The highest BCUT2D eigenvalue weighted by Crippen LogP contribution is 2.48. The predicted molar refractivity (Wildman–Crippen MR) is 89.0 cm³/mol. The topological polar surface area (TPSA) is 91.0 Å². The van der Waals surface area contributed by atoms with E-state index < -0.39 is 18.1 Å². The Morgan fingerprint density at radius 3 is 2.44 bits per heavy atom. The van der Waals surface area contributed by atoms with Gasteiger partial charge in [0.05, 0.1) is 19.2 Å². The lowest BCUT2D eigenvalue weighted by atomic mass is 9.63. The van der Waals surface area contributed by atoms with Gasteiger partial charge in [-0.05, 0) is 49.8 Å². The van der Waals surface area contributed by atoms with E-state index in [-0.39, 0.29) is 5.41 Å². The van der Waals surface area contributed by atoms with Crippen molar-refractivity contribution in [2.24, 2.45) is 5.41 Å². The molecule has 0 aromatic carbocycles. The summed E-state index contributed by atoms with van der Waals surface area (Å²) in [6, 6.07) is 4.34. The number of fused-ring (bicyclic) bond motifs is 1. The van der Waals surface area contributed by atoms with E-state index in [1.807, 2.05) is 12.1 Å². The molecule has 1 aliphatic carbocycles. The second-order valence-electron chi connectivity index (χ2n) is 7.15. The normalized spacial score (nSPS) is 25.8. The number of hydrogen-bond donors (Lipinski definition) is 2. The smallest absolute Gasteiger partial charge is 0.481 e. The Bertz CT molecular complexity index is 627. The van der Waals surface area contributed by atoms with Gasteiger partial charge in [-0.15, -0.1) is 0 Å². The summed E-state index contributed by atoms with van der Waals surface area (Å²) in [5.74, 6) is -2.41. The van der Waals surface area contributed by atoms with Crippen LogP contribution >= 0.6 is 0 Å². The Kier molecular flexibility index (Phi) is 6.91. The molecule has 0 amide bonds. The van der Waals surface area contributed by atoms with Crippen LogP contribution in [-0.4, -0.2) is 45.8 Å². The fraction of sp³-hybridized carbons (Fsp3) is 0.667. The van der Waals surface area contributed by atoms with Crippen molar-refractivity contribution in [2.45, 2.75) is 63.7 Å². The molecule has 0 radical (unpaired) electrons. The fourth-order valence-electron chi connectivity index (χ4n) is 4.33. The Hall–Kier alpha value is -2.03. The SMILES string of the molecule is O=C(O)C(F)(F)F.O=C(O)C[C@]12CCCC[C@H]1N(Cc1ccco1)CCC2. The maximum Gasteiger partial charge on any atom is 0.490 e. The van der Waals surface area contributed by atoms with Crippen LogP contribution in [0.5, 0.6) is 0 Å². The molecular formula is C18H24F3NO5. The minimum atomic E-state index is -5.08. The molecular weight excluding hydrogens is 367 g/mol. The third-order valence-electron chi connectivity index (χ3n) is 5.35. The number of piperidine rings is 1. The van der Waals surface area contributed by atoms with Gasteiger partial charge >= 0.3 is 18.1 Å². The molecule has 3 rings (SSSR count). The molecule has 1 aromatic rings. The molecule has 152 valence electrons. The van der Waals surface area contributed by atoms with E-state index in [9.17, 15) is 23.1 Å². The van der Waals surface area contributed by atoms with Gasteiger partial charge in [-0.2, -0.15) is 13.2 Å². The first-order chi connectivity index (χ1) is 12.6. The maximum atomic E-state index is 11.3. The zero-order valence-electron chi connectivity index (χ0n) is 14.9. The largest absolute Gasteiger partial charge is 0.490 e. The number of halogens is 3. The lowest BCUT2D eigenvalue weighted by Crippen LogP contribution is -2.54. The van der Waals surface area contributed by atoms with Gasteiger partial charge in [-0.1, -0.05) is 12.8 Å². The van der Waals surface area contributed by atoms with Crippen LogP contribution in [0.25, 0.3) is 0 Å². The summed E-state index contributed by atoms with van der Waals surface area (Å²) >= 11 is 0. The highest BCUT2D eigenvalue weighted by atomic mass is 19.4. The summed E-state index contributed by atoms with van der Waals surface area (Å²) in [4.78, 5) is 22.7. The minimum absolute atomic E-state index is 0.00503. The lowest BCUT2D eigenvalue weighted by Gasteiger charge is -2.52. The van der Waals surface area contributed by atoms with Gasteiger partial charge in [0.2, 0.25) is 0 Å². The van der Waals surface area contributed by atoms with E-state index in [1.54, 1.807) is 6.26 Å². The van der Waals surface area contributed by atoms with Gasteiger partial charge in [0, 0.05) is 6.04 Å². The second kappa shape index (κ2) is 8.77. The fourth-order valence-corrected chi connectivity index (χ4v) is 4.33. The van der Waals surface area contributed by atoms with Gasteiger partial charge in [-0.3, -0.25) is 9.69 Å². The van der Waals surface area contributed by atoms with Crippen LogP contribution in [-0.2, 0) is 16.1 Å². The summed E-state index contributed by atoms with van der Waals surface area (Å²) in [6.07, 6.45) is 3.73. The summed E-state index contributed by atoms with van der Waals surface area (Å²) in [5.41, 5.74) is -0.00503.